The van der Waals surface area contributed by atoms with Crippen LogP contribution in [0, 0.1) is 17.8 Å². The molecule has 0 saturated heterocycles. The van der Waals surface area contributed by atoms with Gasteiger partial charge in [0.1, 0.15) is 0 Å². The maximum absolute atomic E-state index is 10.9. The van der Waals surface area contributed by atoms with E-state index in [0.717, 1.165) is 12.3 Å². The maximum atomic E-state index is 10.9. The zero-order valence-corrected chi connectivity index (χ0v) is 6.17. The Labute approximate surface area is 60.6 Å². The zero-order chi connectivity index (χ0) is 7.14. The summed E-state index contributed by atoms with van der Waals surface area (Å²) in [7, 11) is 1.48. The molecule has 0 aromatic rings. The van der Waals surface area contributed by atoms with Gasteiger partial charge in [-0.1, -0.05) is 0 Å². The molecule has 0 radical (unpaired) electrons. The summed E-state index contributed by atoms with van der Waals surface area (Å²) < 4.78 is 4.64. The highest BCUT2D eigenvalue weighted by Gasteiger charge is 2.51. The molecule has 2 heteroatoms. The number of methoxy groups -OCH3 is 1. The van der Waals surface area contributed by atoms with Gasteiger partial charge in [-0.05, 0) is 31.1 Å². The SMILES string of the molecule is COC(=O)[C@H]1C[C@H]1C1CC1. The molecule has 0 N–H and O–H groups in total. The molecule has 0 aromatic carbocycles. The molecule has 0 aromatic heterocycles. The van der Waals surface area contributed by atoms with E-state index in [1.807, 2.05) is 0 Å². The van der Waals surface area contributed by atoms with E-state index in [-0.39, 0.29) is 11.9 Å². The molecule has 2 rings (SSSR count). The fourth-order valence-electron chi connectivity index (χ4n) is 1.68. The fourth-order valence-corrected chi connectivity index (χ4v) is 1.68. The van der Waals surface area contributed by atoms with E-state index in [4.69, 9.17) is 0 Å². The first-order chi connectivity index (χ1) is 4.83. The third-order valence-corrected chi connectivity index (χ3v) is 2.57. The molecule has 0 spiro atoms. The maximum Gasteiger partial charge on any atom is 0.308 e. The summed E-state index contributed by atoms with van der Waals surface area (Å²) >= 11 is 0. The van der Waals surface area contributed by atoms with Crippen molar-refractivity contribution in [3.05, 3.63) is 0 Å². The monoisotopic (exact) mass is 140 g/mol. The van der Waals surface area contributed by atoms with Crippen LogP contribution in [0.1, 0.15) is 19.3 Å². The molecule has 2 fully saturated rings. The molecule has 2 atom stereocenters. The highest BCUT2D eigenvalue weighted by molar-refractivity contribution is 5.75. The summed E-state index contributed by atoms with van der Waals surface area (Å²) in [6, 6.07) is 0. The van der Waals surface area contributed by atoms with E-state index in [0.29, 0.717) is 5.92 Å². The van der Waals surface area contributed by atoms with Crippen molar-refractivity contribution < 1.29 is 9.53 Å². The van der Waals surface area contributed by atoms with Crippen LogP contribution in [0.5, 0.6) is 0 Å². The predicted octanol–water partition coefficient (Wildman–Crippen LogP) is 1.21. The van der Waals surface area contributed by atoms with Crippen LogP contribution in [0.25, 0.3) is 0 Å². The molecular weight excluding hydrogens is 128 g/mol. The summed E-state index contributed by atoms with van der Waals surface area (Å²) in [5.74, 6) is 1.87. The second-order valence-corrected chi connectivity index (χ2v) is 3.37. The average molecular weight is 140 g/mol. The molecule has 0 amide bonds. The summed E-state index contributed by atoms with van der Waals surface area (Å²) in [6.45, 7) is 0. The molecule has 2 aliphatic rings. The number of ether oxygens (including phenoxy) is 1. The van der Waals surface area contributed by atoms with Gasteiger partial charge in [0.05, 0.1) is 13.0 Å². The van der Waals surface area contributed by atoms with Gasteiger partial charge in [-0.15, -0.1) is 0 Å². The smallest absolute Gasteiger partial charge is 0.308 e. The number of rotatable bonds is 2. The number of carbonyl (C=O) groups excluding carboxylic acids is 1. The second-order valence-electron chi connectivity index (χ2n) is 3.37. The average Bonchev–Trinajstić information content (AvgIpc) is 2.74. The van der Waals surface area contributed by atoms with Gasteiger partial charge < -0.3 is 4.74 Å². The van der Waals surface area contributed by atoms with Crippen LogP contribution >= 0.6 is 0 Å². The van der Waals surface area contributed by atoms with Crippen molar-refractivity contribution in [2.24, 2.45) is 17.8 Å². The largest absolute Gasteiger partial charge is 0.469 e. The van der Waals surface area contributed by atoms with Crippen LogP contribution in [0.2, 0.25) is 0 Å². The van der Waals surface area contributed by atoms with Crippen molar-refractivity contribution in [3.8, 4) is 0 Å². The van der Waals surface area contributed by atoms with E-state index in [2.05, 4.69) is 4.74 Å². The number of hydrogen-bond acceptors (Lipinski definition) is 2. The van der Waals surface area contributed by atoms with Crippen LogP contribution in [0.4, 0.5) is 0 Å². The molecule has 56 valence electrons. The highest BCUT2D eigenvalue weighted by atomic mass is 16.5. The summed E-state index contributed by atoms with van der Waals surface area (Å²) in [6.07, 6.45) is 3.79. The Morgan fingerprint density at radius 2 is 2.20 bits per heavy atom. The van der Waals surface area contributed by atoms with Crippen molar-refractivity contribution >= 4 is 5.97 Å². The molecule has 0 aliphatic heterocycles. The van der Waals surface area contributed by atoms with E-state index in [1.165, 1.54) is 20.0 Å². The molecule has 0 unspecified atom stereocenters. The quantitative estimate of drug-likeness (QED) is 0.539. The van der Waals surface area contributed by atoms with Crippen LogP contribution in [-0.2, 0) is 9.53 Å². The van der Waals surface area contributed by atoms with E-state index in [1.54, 1.807) is 0 Å². The first kappa shape index (κ1) is 6.20. The Balaban J connectivity index is 1.82. The van der Waals surface area contributed by atoms with E-state index < -0.39 is 0 Å². The molecule has 10 heavy (non-hydrogen) atoms. The summed E-state index contributed by atoms with van der Waals surface area (Å²) in [5.41, 5.74) is 0. The molecule has 2 saturated carbocycles. The van der Waals surface area contributed by atoms with Gasteiger partial charge in [0.2, 0.25) is 0 Å². The Bertz CT molecular complexity index is 161. The first-order valence-electron chi connectivity index (χ1n) is 3.90. The number of carbonyl (C=O) groups is 1. The number of hydrogen-bond donors (Lipinski definition) is 0. The van der Waals surface area contributed by atoms with Gasteiger partial charge in [-0.3, -0.25) is 4.79 Å². The highest BCUT2D eigenvalue weighted by Crippen LogP contribution is 2.54. The summed E-state index contributed by atoms with van der Waals surface area (Å²) in [5, 5.41) is 0. The normalized spacial score (nSPS) is 37.3. The molecule has 0 bridgehead atoms. The molecular formula is C8H12O2. The van der Waals surface area contributed by atoms with Crippen molar-refractivity contribution in [1.82, 2.24) is 0 Å². The molecule has 0 heterocycles. The minimum atomic E-state index is 0.0110. The molecule has 2 aliphatic carbocycles. The molecule has 2 nitrogen and oxygen atoms in total. The van der Waals surface area contributed by atoms with Gasteiger partial charge in [0.15, 0.2) is 0 Å². The van der Waals surface area contributed by atoms with Crippen molar-refractivity contribution in [2.45, 2.75) is 19.3 Å². The van der Waals surface area contributed by atoms with Crippen molar-refractivity contribution in [3.63, 3.8) is 0 Å². The Hall–Kier alpha value is -0.530. The lowest BCUT2D eigenvalue weighted by Crippen LogP contribution is -2.04. The lowest BCUT2D eigenvalue weighted by Gasteiger charge is -1.94. The first-order valence-corrected chi connectivity index (χ1v) is 3.90. The third-order valence-electron chi connectivity index (χ3n) is 2.57. The zero-order valence-electron chi connectivity index (χ0n) is 6.17. The second kappa shape index (κ2) is 1.97. The fraction of sp³-hybridized carbons (Fsp3) is 0.875. The minimum absolute atomic E-state index is 0.0110. The standard InChI is InChI=1S/C8H12O2/c1-10-8(9)7-4-6(7)5-2-3-5/h5-7H,2-4H2,1H3/t6-,7-/m0/s1. The van der Waals surface area contributed by atoms with Gasteiger partial charge in [-0.2, -0.15) is 0 Å². The lowest BCUT2D eigenvalue weighted by atomic mass is 10.2. The summed E-state index contributed by atoms with van der Waals surface area (Å²) in [4.78, 5) is 10.9. The van der Waals surface area contributed by atoms with Crippen molar-refractivity contribution in [2.75, 3.05) is 7.11 Å². The topological polar surface area (TPSA) is 26.3 Å². The van der Waals surface area contributed by atoms with Gasteiger partial charge in [-0.25, -0.2) is 0 Å². The van der Waals surface area contributed by atoms with Crippen LogP contribution in [0.3, 0.4) is 0 Å². The van der Waals surface area contributed by atoms with Crippen LogP contribution in [-0.4, -0.2) is 13.1 Å². The van der Waals surface area contributed by atoms with E-state index in [9.17, 15) is 4.79 Å². The Morgan fingerprint density at radius 3 is 2.70 bits per heavy atom. The Morgan fingerprint density at radius 1 is 1.50 bits per heavy atom. The third kappa shape index (κ3) is 0.917. The van der Waals surface area contributed by atoms with Gasteiger partial charge in [0, 0.05) is 0 Å². The number of esters is 1. The van der Waals surface area contributed by atoms with Crippen LogP contribution < -0.4 is 0 Å². The van der Waals surface area contributed by atoms with Gasteiger partial charge in [0.25, 0.3) is 0 Å². The van der Waals surface area contributed by atoms with Crippen molar-refractivity contribution in [1.29, 1.82) is 0 Å². The van der Waals surface area contributed by atoms with Crippen LogP contribution in [0.15, 0.2) is 0 Å². The Kier molecular flexibility index (Phi) is 1.22. The predicted molar refractivity (Wildman–Crippen MR) is 36.3 cm³/mol. The minimum Gasteiger partial charge on any atom is -0.469 e. The lowest BCUT2D eigenvalue weighted by molar-refractivity contribution is -0.142. The van der Waals surface area contributed by atoms with E-state index >= 15 is 0 Å². The van der Waals surface area contributed by atoms with Gasteiger partial charge >= 0.3 is 5.97 Å².